The van der Waals surface area contributed by atoms with Crippen LogP contribution in [-0.2, 0) is 14.3 Å². The lowest BCUT2D eigenvalue weighted by atomic mass is 10.0. The van der Waals surface area contributed by atoms with Crippen molar-refractivity contribution < 1.29 is 14.3 Å². The van der Waals surface area contributed by atoms with E-state index >= 15 is 0 Å². The van der Waals surface area contributed by atoms with Crippen molar-refractivity contribution in [3.05, 3.63) is 12.7 Å². The molecule has 212 valence electrons. The van der Waals surface area contributed by atoms with Crippen molar-refractivity contribution in [2.24, 2.45) is 0 Å². The molecule has 3 nitrogen and oxygen atoms in total. The second-order valence-electron chi connectivity index (χ2n) is 10.9. The second-order valence-corrected chi connectivity index (χ2v) is 10.9. The number of ether oxygens (including phenoxy) is 1. The van der Waals surface area contributed by atoms with Crippen LogP contribution in [0.25, 0.3) is 0 Å². The molecule has 0 spiro atoms. The van der Waals surface area contributed by atoms with Gasteiger partial charge in [0.2, 0.25) is 0 Å². The zero-order chi connectivity index (χ0) is 26.4. The summed E-state index contributed by atoms with van der Waals surface area (Å²) in [4.78, 5) is 23.6. The monoisotopic (exact) mass is 506 g/mol. The topological polar surface area (TPSA) is 43.4 Å². The Kier molecular flexibility index (Phi) is 29.2. The minimum atomic E-state index is -0.343. The van der Waals surface area contributed by atoms with E-state index in [1.54, 1.807) is 0 Å². The first-order valence-corrected chi connectivity index (χ1v) is 16.0. The summed E-state index contributed by atoms with van der Waals surface area (Å²) in [7, 11) is 0. The molecule has 0 N–H and O–H groups in total. The highest BCUT2D eigenvalue weighted by atomic mass is 16.6. The molecule has 0 aromatic carbocycles. The van der Waals surface area contributed by atoms with Gasteiger partial charge in [0.1, 0.15) is 0 Å². The number of hydrogen-bond acceptors (Lipinski definition) is 3. The molecule has 0 aliphatic carbocycles. The maximum absolute atomic E-state index is 11.8. The molecule has 0 amide bonds. The van der Waals surface area contributed by atoms with E-state index in [1.807, 2.05) is 6.08 Å². The van der Waals surface area contributed by atoms with Gasteiger partial charge in [0.15, 0.2) is 0 Å². The number of hydrogen-bond donors (Lipinski definition) is 0. The first-order chi connectivity index (χ1) is 17.7. The number of allylic oxidation sites excluding steroid dienone is 1. The molecule has 0 aromatic heterocycles. The lowest BCUT2D eigenvalue weighted by molar-refractivity contribution is -0.159. The molecule has 0 saturated carbocycles. The van der Waals surface area contributed by atoms with Crippen LogP contribution in [0.1, 0.15) is 187 Å². The van der Waals surface area contributed by atoms with Gasteiger partial charge in [-0.3, -0.25) is 9.59 Å². The Hall–Kier alpha value is -1.12. The Morgan fingerprint density at radius 1 is 0.472 bits per heavy atom. The van der Waals surface area contributed by atoms with Gasteiger partial charge in [0.05, 0.1) is 0 Å². The number of carbonyl (C=O) groups is 2. The molecule has 0 rings (SSSR count). The largest absolute Gasteiger partial charge is 0.393 e. The molecule has 0 fully saturated rings. The van der Waals surface area contributed by atoms with Crippen LogP contribution in [-0.4, -0.2) is 11.9 Å². The third-order valence-electron chi connectivity index (χ3n) is 7.25. The summed E-state index contributed by atoms with van der Waals surface area (Å²) in [6, 6.07) is 0. The van der Waals surface area contributed by atoms with Gasteiger partial charge in [0.25, 0.3) is 0 Å². The molecular formula is C33H62O3. The highest BCUT2D eigenvalue weighted by Gasteiger charge is 2.09. The van der Waals surface area contributed by atoms with Gasteiger partial charge in [-0.2, -0.15) is 0 Å². The molecule has 3 heteroatoms. The minimum Gasteiger partial charge on any atom is -0.393 e. The molecule has 0 saturated heterocycles. The van der Waals surface area contributed by atoms with Crippen LogP contribution in [0, 0.1) is 0 Å². The predicted molar refractivity (Wildman–Crippen MR) is 156 cm³/mol. The molecule has 0 heterocycles. The Balaban J connectivity index is 3.25. The summed E-state index contributed by atoms with van der Waals surface area (Å²) in [5.74, 6) is -0.680. The van der Waals surface area contributed by atoms with Gasteiger partial charge in [-0.1, -0.05) is 154 Å². The molecule has 0 aromatic rings. The highest BCUT2D eigenvalue weighted by molar-refractivity contribution is 5.85. The van der Waals surface area contributed by atoms with Crippen LogP contribution in [0.4, 0.5) is 0 Å². The lowest BCUT2D eigenvalue weighted by Crippen LogP contribution is -2.11. The van der Waals surface area contributed by atoms with Crippen molar-refractivity contribution in [2.75, 3.05) is 0 Å². The van der Waals surface area contributed by atoms with Gasteiger partial charge in [-0.25, -0.2) is 0 Å². The molecular weight excluding hydrogens is 444 g/mol. The quantitative estimate of drug-likeness (QED) is 0.0438. The van der Waals surface area contributed by atoms with Gasteiger partial charge >= 0.3 is 11.9 Å². The molecule has 0 bridgehead atoms. The van der Waals surface area contributed by atoms with Crippen LogP contribution < -0.4 is 0 Å². The Morgan fingerprint density at radius 2 is 0.750 bits per heavy atom. The Bertz CT molecular complexity index is 485. The minimum absolute atomic E-state index is 0.337. The third-order valence-corrected chi connectivity index (χ3v) is 7.25. The number of carbonyl (C=O) groups excluding carboxylic acids is 2. The smallest absolute Gasteiger partial charge is 0.313 e. The first kappa shape index (κ1) is 34.9. The van der Waals surface area contributed by atoms with Gasteiger partial charge in [0, 0.05) is 12.8 Å². The van der Waals surface area contributed by atoms with Gasteiger partial charge in [-0.15, -0.1) is 6.58 Å². The van der Waals surface area contributed by atoms with Gasteiger partial charge < -0.3 is 4.74 Å². The second kappa shape index (κ2) is 30.1. The van der Waals surface area contributed by atoms with E-state index in [2.05, 4.69) is 13.5 Å². The fourth-order valence-corrected chi connectivity index (χ4v) is 4.84. The standard InChI is InChI=1S/C33H62O3/c1-3-5-7-9-11-13-14-15-16-17-18-19-20-21-22-23-25-27-29-31-33(35)36-32(34)30-28-26-24-12-10-8-6-4-2/h4H,2-3,5-31H2,1H3. The van der Waals surface area contributed by atoms with E-state index < -0.39 is 0 Å². The summed E-state index contributed by atoms with van der Waals surface area (Å²) >= 11 is 0. The van der Waals surface area contributed by atoms with Crippen molar-refractivity contribution in [1.82, 2.24) is 0 Å². The highest BCUT2D eigenvalue weighted by Crippen LogP contribution is 2.15. The van der Waals surface area contributed by atoms with Crippen molar-refractivity contribution in [2.45, 2.75) is 187 Å². The van der Waals surface area contributed by atoms with Crippen molar-refractivity contribution in [1.29, 1.82) is 0 Å². The first-order valence-electron chi connectivity index (χ1n) is 16.0. The number of esters is 2. The number of rotatable bonds is 29. The fraction of sp³-hybridized carbons (Fsp3) is 0.879. The molecule has 0 aliphatic heterocycles. The summed E-state index contributed by atoms with van der Waals surface area (Å²) in [6.07, 6.45) is 35.9. The van der Waals surface area contributed by atoms with E-state index in [4.69, 9.17) is 4.74 Å². The number of unbranched alkanes of at least 4 members (excludes halogenated alkanes) is 24. The predicted octanol–water partition coefficient (Wildman–Crippen LogP) is 11.2. The molecule has 0 atom stereocenters. The normalized spacial score (nSPS) is 11.0. The van der Waals surface area contributed by atoms with Crippen LogP contribution in [0.5, 0.6) is 0 Å². The van der Waals surface area contributed by atoms with E-state index in [9.17, 15) is 9.59 Å². The van der Waals surface area contributed by atoms with Crippen LogP contribution in [0.15, 0.2) is 12.7 Å². The van der Waals surface area contributed by atoms with Crippen LogP contribution in [0.2, 0.25) is 0 Å². The van der Waals surface area contributed by atoms with Crippen molar-refractivity contribution in [3.63, 3.8) is 0 Å². The van der Waals surface area contributed by atoms with Crippen molar-refractivity contribution >= 4 is 11.9 Å². The fourth-order valence-electron chi connectivity index (χ4n) is 4.84. The summed E-state index contributed by atoms with van der Waals surface area (Å²) in [5.41, 5.74) is 0. The van der Waals surface area contributed by atoms with E-state index in [1.165, 1.54) is 128 Å². The molecule has 0 unspecified atom stereocenters. The van der Waals surface area contributed by atoms with Crippen LogP contribution in [0.3, 0.4) is 0 Å². The third kappa shape index (κ3) is 29.1. The summed E-state index contributed by atoms with van der Waals surface area (Å²) < 4.78 is 4.96. The summed E-state index contributed by atoms with van der Waals surface area (Å²) in [6.45, 7) is 6.02. The van der Waals surface area contributed by atoms with E-state index in [-0.39, 0.29) is 11.9 Å². The zero-order valence-corrected chi connectivity index (χ0v) is 24.3. The molecule has 36 heavy (non-hydrogen) atoms. The molecule has 0 aliphatic rings. The van der Waals surface area contributed by atoms with E-state index in [0.29, 0.717) is 12.8 Å². The Labute approximate surface area is 225 Å². The maximum Gasteiger partial charge on any atom is 0.313 e. The average molecular weight is 507 g/mol. The van der Waals surface area contributed by atoms with Crippen molar-refractivity contribution in [3.8, 4) is 0 Å². The van der Waals surface area contributed by atoms with Gasteiger partial charge in [-0.05, 0) is 25.7 Å². The summed E-state index contributed by atoms with van der Waals surface area (Å²) in [5, 5.41) is 0. The maximum atomic E-state index is 11.8. The average Bonchev–Trinajstić information content (AvgIpc) is 2.87. The lowest BCUT2D eigenvalue weighted by Gasteiger charge is -2.05. The Morgan fingerprint density at radius 3 is 1.06 bits per heavy atom. The van der Waals surface area contributed by atoms with Crippen LogP contribution >= 0.6 is 0 Å². The molecule has 0 radical (unpaired) electrons. The SMILES string of the molecule is C=CCCCCCCCCC(=O)OC(=O)CCCCCCCCCCCCCCCCCCCCC. The zero-order valence-electron chi connectivity index (χ0n) is 24.3. The van der Waals surface area contributed by atoms with E-state index in [0.717, 1.165) is 38.5 Å².